The second-order valence-corrected chi connectivity index (χ2v) is 5.98. The number of hydrogen-bond donors (Lipinski definition) is 1. The number of halogens is 2. The lowest BCUT2D eigenvalue weighted by Crippen LogP contribution is -2.14. The van der Waals surface area contributed by atoms with E-state index in [0.29, 0.717) is 21.7 Å². The summed E-state index contributed by atoms with van der Waals surface area (Å²) in [5, 5.41) is 6.76. The molecular formula is C15H12Cl2N6O3. The fraction of sp³-hybridized carbons (Fsp3) is 0.133. The molecule has 9 nitrogen and oxygen atoms in total. The zero-order valence-corrected chi connectivity index (χ0v) is 15.1. The summed E-state index contributed by atoms with van der Waals surface area (Å²) in [6, 6.07) is 7.30. The summed E-state index contributed by atoms with van der Waals surface area (Å²) in [6.07, 6.45) is 0. The Morgan fingerprint density at radius 3 is 2.35 bits per heavy atom. The van der Waals surface area contributed by atoms with Crippen molar-refractivity contribution < 1.29 is 9.47 Å². The summed E-state index contributed by atoms with van der Waals surface area (Å²) in [5.41, 5.74) is -0.358. The van der Waals surface area contributed by atoms with E-state index in [1.54, 1.807) is 31.1 Å². The van der Waals surface area contributed by atoms with Gasteiger partial charge < -0.3 is 14.4 Å². The maximum absolute atomic E-state index is 11.1. The van der Waals surface area contributed by atoms with E-state index in [2.05, 4.69) is 25.1 Å². The molecule has 0 saturated heterocycles. The lowest BCUT2D eigenvalue weighted by Gasteiger charge is -2.13. The van der Waals surface area contributed by atoms with Crippen molar-refractivity contribution in [2.45, 2.75) is 0 Å². The number of nitrogens with zero attached hydrogens (tertiary/aromatic N) is 5. The van der Waals surface area contributed by atoms with Gasteiger partial charge in [-0.25, -0.2) is 5.10 Å². The second-order valence-electron chi connectivity index (χ2n) is 5.13. The highest BCUT2D eigenvalue weighted by molar-refractivity contribution is 6.35. The molecule has 3 aromatic rings. The smallest absolute Gasteiger partial charge is 0.331 e. The molecule has 0 aliphatic carbocycles. The van der Waals surface area contributed by atoms with Crippen LogP contribution < -0.4 is 19.9 Å². The predicted molar refractivity (Wildman–Crippen MR) is 95.6 cm³/mol. The zero-order chi connectivity index (χ0) is 18.7. The Morgan fingerprint density at radius 2 is 1.73 bits per heavy atom. The lowest BCUT2D eigenvalue weighted by atomic mass is 10.3. The van der Waals surface area contributed by atoms with Crippen LogP contribution in [0.25, 0.3) is 0 Å². The van der Waals surface area contributed by atoms with Crippen LogP contribution in [0.4, 0.5) is 5.95 Å². The summed E-state index contributed by atoms with van der Waals surface area (Å²) in [7, 11) is 3.49. The van der Waals surface area contributed by atoms with Gasteiger partial charge in [-0.2, -0.15) is 9.97 Å². The van der Waals surface area contributed by atoms with E-state index in [0.717, 1.165) is 0 Å². The first-order valence-corrected chi connectivity index (χ1v) is 7.96. The summed E-state index contributed by atoms with van der Waals surface area (Å²) in [4.78, 5) is 25.1. The highest BCUT2D eigenvalue weighted by atomic mass is 35.5. The lowest BCUT2D eigenvalue weighted by molar-refractivity contribution is 0.386. The Labute approximate surface area is 157 Å². The van der Waals surface area contributed by atoms with Gasteiger partial charge in [-0.1, -0.05) is 23.2 Å². The van der Waals surface area contributed by atoms with Crippen LogP contribution in [-0.4, -0.2) is 39.2 Å². The summed E-state index contributed by atoms with van der Waals surface area (Å²) >= 11 is 12.0. The van der Waals surface area contributed by atoms with Crippen LogP contribution in [0.15, 0.2) is 35.1 Å². The highest BCUT2D eigenvalue weighted by Crippen LogP contribution is 2.31. The predicted octanol–water partition coefficient (Wildman–Crippen LogP) is 2.91. The van der Waals surface area contributed by atoms with Crippen molar-refractivity contribution in [1.29, 1.82) is 0 Å². The quantitative estimate of drug-likeness (QED) is 0.703. The zero-order valence-electron chi connectivity index (χ0n) is 13.6. The number of benzene rings is 1. The Hall–Kier alpha value is -2.91. The number of H-pyrrole nitrogens is 1. The molecule has 0 fully saturated rings. The van der Waals surface area contributed by atoms with Crippen LogP contribution in [0.2, 0.25) is 10.0 Å². The van der Waals surface area contributed by atoms with Gasteiger partial charge in [-0.05, 0) is 18.2 Å². The number of hydrogen-bond acceptors (Lipinski definition) is 8. The third-order valence-electron chi connectivity index (χ3n) is 2.93. The molecule has 1 aromatic carbocycles. The van der Waals surface area contributed by atoms with E-state index < -0.39 is 0 Å². The van der Waals surface area contributed by atoms with E-state index in [4.69, 9.17) is 32.7 Å². The Balaban J connectivity index is 1.93. The summed E-state index contributed by atoms with van der Waals surface area (Å²) in [6.45, 7) is 0. The number of ether oxygens (including phenoxy) is 2. The fourth-order valence-electron chi connectivity index (χ4n) is 1.76. The van der Waals surface area contributed by atoms with Gasteiger partial charge in [0.15, 0.2) is 0 Å². The normalized spacial score (nSPS) is 10.5. The van der Waals surface area contributed by atoms with Crippen LogP contribution in [-0.2, 0) is 0 Å². The van der Waals surface area contributed by atoms with Crippen LogP contribution in [0, 0.1) is 0 Å². The largest absolute Gasteiger partial charge is 0.423 e. The van der Waals surface area contributed by atoms with Gasteiger partial charge in [0.1, 0.15) is 5.75 Å². The van der Waals surface area contributed by atoms with Gasteiger partial charge in [-0.3, -0.25) is 4.79 Å². The molecule has 0 radical (unpaired) electrons. The molecule has 0 aliphatic heterocycles. The average molecular weight is 395 g/mol. The van der Waals surface area contributed by atoms with E-state index >= 15 is 0 Å². The van der Waals surface area contributed by atoms with Crippen molar-refractivity contribution in [3.63, 3.8) is 0 Å². The molecule has 26 heavy (non-hydrogen) atoms. The molecule has 2 aromatic heterocycles. The minimum absolute atomic E-state index is 0.0349. The molecule has 11 heteroatoms. The molecule has 3 rings (SSSR count). The Morgan fingerprint density at radius 1 is 1.00 bits per heavy atom. The molecule has 0 spiro atoms. The minimum atomic E-state index is -0.358. The molecule has 134 valence electrons. The van der Waals surface area contributed by atoms with Crippen LogP contribution in [0.1, 0.15) is 0 Å². The number of aromatic amines is 1. The first-order valence-electron chi connectivity index (χ1n) is 7.20. The first kappa shape index (κ1) is 17.9. The first-order chi connectivity index (χ1) is 12.4. The number of anilines is 1. The number of aromatic nitrogens is 5. The van der Waals surface area contributed by atoms with E-state index in [9.17, 15) is 4.79 Å². The van der Waals surface area contributed by atoms with Gasteiger partial charge in [0.2, 0.25) is 11.8 Å². The van der Waals surface area contributed by atoms with Crippen molar-refractivity contribution in [2.75, 3.05) is 19.0 Å². The molecule has 0 atom stereocenters. The molecule has 0 amide bonds. The van der Waals surface area contributed by atoms with Crippen molar-refractivity contribution in [3.05, 3.63) is 50.7 Å². The molecule has 1 N–H and O–H groups in total. The van der Waals surface area contributed by atoms with Crippen LogP contribution >= 0.6 is 23.2 Å². The second kappa shape index (κ2) is 7.54. The van der Waals surface area contributed by atoms with E-state index in [1.807, 2.05) is 0 Å². The Bertz CT molecular complexity index is 975. The summed E-state index contributed by atoms with van der Waals surface area (Å²) < 4.78 is 11.1. The van der Waals surface area contributed by atoms with Gasteiger partial charge >= 0.3 is 12.0 Å². The monoisotopic (exact) mass is 394 g/mol. The molecule has 2 heterocycles. The van der Waals surface area contributed by atoms with Crippen LogP contribution in [0.5, 0.6) is 23.7 Å². The number of rotatable bonds is 5. The van der Waals surface area contributed by atoms with Crippen molar-refractivity contribution in [3.8, 4) is 23.7 Å². The molecule has 0 bridgehead atoms. The van der Waals surface area contributed by atoms with Crippen molar-refractivity contribution in [2.24, 2.45) is 0 Å². The van der Waals surface area contributed by atoms with Crippen molar-refractivity contribution in [1.82, 2.24) is 25.1 Å². The molecule has 0 unspecified atom stereocenters. The maximum atomic E-state index is 11.1. The topological polar surface area (TPSA) is 106 Å². The van der Waals surface area contributed by atoms with Gasteiger partial charge in [0, 0.05) is 31.3 Å². The van der Waals surface area contributed by atoms with Gasteiger partial charge in [0.05, 0.1) is 5.02 Å². The highest BCUT2D eigenvalue weighted by Gasteiger charge is 2.14. The van der Waals surface area contributed by atoms with E-state index in [1.165, 1.54) is 18.2 Å². The minimum Gasteiger partial charge on any atom is -0.423 e. The van der Waals surface area contributed by atoms with Crippen LogP contribution in [0.3, 0.4) is 0 Å². The van der Waals surface area contributed by atoms with Gasteiger partial charge in [0.25, 0.3) is 5.56 Å². The molecular weight excluding hydrogens is 383 g/mol. The maximum Gasteiger partial charge on any atom is 0.331 e. The Kier molecular flexibility index (Phi) is 5.19. The van der Waals surface area contributed by atoms with Crippen molar-refractivity contribution >= 4 is 29.2 Å². The van der Waals surface area contributed by atoms with Gasteiger partial charge in [-0.15, -0.1) is 10.1 Å². The summed E-state index contributed by atoms with van der Waals surface area (Å²) in [5.74, 6) is 0.718. The fourth-order valence-corrected chi connectivity index (χ4v) is 2.20. The average Bonchev–Trinajstić information content (AvgIpc) is 2.59. The SMILES string of the molecule is CN(C)c1nc(Oc2ccc(=O)[nH]n2)nc(Oc2ccc(Cl)cc2Cl)n1. The molecule has 0 saturated carbocycles. The number of nitrogens with one attached hydrogen (secondary N) is 1. The standard InChI is InChI=1S/C15H12Cl2N6O3/c1-23(2)13-18-14(25-10-4-3-8(16)7-9(10)17)20-15(19-13)26-12-6-5-11(24)21-22-12/h3-7H,1-2H3,(H,21,24). The molecule has 0 aliphatic rings. The van der Waals surface area contributed by atoms with E-state index in [-0.39, 0.29) is 23.5 Å². The third-order valence-corrected chi connectivity index (χ3v) is 3.46. The third kappa shape index (κ3) is 4.38.